The lowest BCUT2D eigenvalue weighted by atomic mass is 10.0. The maximum absolute atomic E-state index is 13.2. The van der Waals surface area contributed by atoms with E-state index in [-0.39, 0.29) is 24.7 Å². The Kier molecular flexibility index (Phi) is 16.3. The molecule has 1 rings (SSSR count). The maximum Gasteiger partial charge on any atom is 0.416 e. The molecule has 0 aliphatic rings. The molecule has 0 saturated carbocycles. The highest BCUT2D eigenvalue weighted by Gasteiger charge is 2.30. The Bertz CT molecular complexity index is 938. The molecule has 0 unspecified atom stereocenters. The van der Waals surface area contributed by atoms with Crippen molar-refractivity contribution >= 4 is 23.7 Å². The first-order valence-corrected chi connectivity index (χ1v) is 13.5. The van der Waals surface area contributed by atoms with Crippen molar-refractivity contribution in [2.24, 2.45) is 27.9 Å². The molecule has 3 amide bonds. The molecule has 1 aromatic carbocycles. The summed E-state index contributed by atoms with van der Waals surface area (Å²) in [6, 6.07) is 2.47. The zero-order valence-electron chi connectivity index (χ0n) is 22.8. The Balaban J connectivity index is 2.82. The van der Waals surface area contributed by atoms with Gasteiger partial charge in [-0.2, -0.15) is 13.2 Å². The Morgan fingerprint density at radius 3 is 1.90 bits per heavy atom. The molecule has 0 spiro atoms. The highest BCUT2D eigenvalue weighted by atomic mass is 19.4. The van der Waals surface area contributed by atoms with E-state index in [1.54, 1.807) is 0 Å². The second kappa shape index (κ2) is 18.8. The lowest BCUT2D eigenvalue weighted by Gasteiger charge is -2.23. The van der Waals surface area contributed by atoms with Crippen LogP contribution in [-0.4, -0.2) is 61.9 Å². The molecule has 11 nitrogen and oxygen atoms in total. The van der Waals surface area contributed by atoms with Crippen molar-refractivity contribution in [2.75, 3.05) is 26.2 Å². The first-order valence-electron chi connectivity index (χ1n) is 13.5. The van der Waals surface area contributed by atoms with E-state index >= 15 is 0 Å². The van der Waals surface area contributed by atoms with E-state index < -0.39 is 35.6 Å². The van der Waals surface area contributed by atoms with Gasteiger partial charge in [-0.3, -0.25) is 19.4 Å². The summed E-state index contributed by atoms with van der Waals surface area (Å²) in [6.07, 6.45) is -0.300. The number of carbonyl (C=O) groups excluding carboxylic acids is 3. The van der Waals surface area contributed by atoms with Crippen LogP contribution in [0.1, 0.15) is 62.5 Å². The average molecular weight is 573 g/mol. The van der Waals surface area contributed by atoms with E-state index in [2.05, 4.69) is 20.9 Å². The molecule has 226 valence electrons. The Hall–Kier alpha value is -3.39. The van der Waals surface area contributed by atoms with Crippen LogP contribution in [0.4, 0.5) is 13.2 Å². The number of halogens is 3. The van der Waals surface area contributed by atoms with E-state index in [9.17, 15) is 27.6 Å². The van der Waals surface area contributed by atoms with Gasteiger partial charge < -0.3 is 38.9 Å². The Labute approximate surface area is 233 Å². The van der Waals surface area contributed by atoms with Crippen molar-refractivity contribution in [1.82, 2.24) is 16.0 Å². The third-order valence-corrected chi connectivity index (χ3v) is 6.00. The van der Waals surface area contributed by atoms with Crippen LogP contribution in [-0.2, 0) is 27.0 Å². The third-order valence-electron chi connectivity index (χ3n) is 6.00. The second-order valence-electron chi connectivity index (χ2n) is 9.43. The fourth-order valence-electron chi connectivity index (χ4n) is 3.82. The van der Waals surface area contributed by atoms with Gasteiger partial charge in [0.1, 0.15) is 12.1 Å². The number of benzene rings is 1. The molecule has 0 heterocycles. The highest BCUT2D eigenvalue weighted by Crippen LogP contribution is 2.29. The molecule has 0 saturated heterocycles. The zero-order valence-corrected chi connectivity index (χ0v) is 22.8. The third kappa shape index (κ3) is 14.7. The molecule has 40 heavy (non-hydrogen) atoms. The van der Waals surface area contributed by atoms with E-state index in [1.165, 1.54) is 12.1 Å². The molecule has 1 aromatic rings. The summed E-state index contributed by atoms with van der Waals surface area (Å²) in [6.45, 7) is 1.65. The van der Waals surface area contributed by atoms with Crippen LogP contribution in [0.3, 0.4) is 0 Å². The molecule has 0 aromatic heterocycles. The molecule has 14 heteroatoms. The average Bonchev–Trinajstić information content (AvgIpc) is 2.89. The van der Waals surface area contributed by atoms with Gasteiger partial charge in [-0.25, -0.2) is 0 Å². The number of nitrogens with two attached hydrogens (primary N) is 4. The van der Waals surface area contributed by atoms with Crippen molar-refractivity contribution in [2.45, 2.75) is 76.0 Å². The van der Waals surface area contributed by atoms with Crippen LogP contribution >= 0.6 is 0 Å². The lowest BCUT2D eigenvalue weighted by molar-refractivity contribution is -0.137. The minimum atomic E-state index is -4.48. The predicted octanol–water partition coefficient (Wildman–Crippen LogP) is 0.645. The van der Waals surface area contributed by atoms with Crippen LogP contribution in [0.5, 0.6) is 0 Å². The van der Waals surface area contributed by atoms with Crippen molar-refractivity contribution in [3.8, 4) is 0 Å². The topological polar surface area (TPSA) is 204 Å². The first-order chi connectivity index (χ1) is 19.0. The standard InChI is InChI=1S/C26H43F3N8O3/c27-26(28,29)19-11-9-18(10-12-19)17-22(38)36-21(8-2-4-14-31)24(40)37-20(7-1-3-13-30)23(39)34-15-5-6-16-35-25(32)33/h9-12,20-21H,1-8,13-17,30-31H2,(H,34,39)(H,36,38)(H,37,40)(H4,32,33,35)/t20-,21-/m0/s1. The van der Waals surface area contributed by atoms with Gasteiger partial charge in [0, 0.05) is 13.1 Å². The van der Waals surface area contributed by atoms with Crippen LogP contribution in [0.25, 0.3) is 0 Å². The fourth-order valence-corrected chi connectivity index (χ4v) is 3.82. The Morgan fingerprint density at radius 1 is 0.800 bits per heavy atom. The largest absolute Gasteiger partial charge is 0.416 e. The van der Waals surface area contributed by atoms with Crippen LogP contribution < -0.4 is 38.9 Å². The number of hydrogen-bond donors (Lipinski definition) is 7. The van der Waals surface area contributed by atoms with Gasteiger partial charge in [-0.1, -0.05) is 12.1 Å². The van der Waals surface area contributed by atoms with Gasteiger partial charge in [0.05, 0.1) is 12.0 Å². The quantitative estimate of drug-likeness (QED) is 0.0715. The molecule has 0 radical (unpaired) electrons. The first kappa shape index (κ1) is 34.6. The summed E-state index contributed by atoms with van der Waals surface area (Å²) < 4.78 is 38.4. The lowest BCUT2D eigenvalue weighted by Crippen LogP contribution is -2.54. The number of unbranched alkanes of at least 4 members (excludes halogenated alkanes) is 3. The number of aliphatic imine (C=N–C) groups is 1. The van der Waals surface area contributed by atoms with Crippen LogP contribution in [0.15, 0.2) is 29.3 Å². The normalized spacial score (nSPS) is 12.7. The monoisotopic (exact) mass is 572 g/mol. The van der Waals surface area contributed by atoms with Crippen molar-refractivity contribution < 1.29 is 27.6 Å². The van der Waals surface area contributed by atoms with E-state index in [1.807, 2.05) is 0 Å². The summed E-state index contributed by atoms with van der Waals surface area (Å²) in [4.78, 5) is 42.6. The van der Waals surface area contributed by atoms with Crippen molar-refractivity contribution in [3.63, 3.8) is 0 Å². The number of amides is 3. The summed E-state index contributed by atoms with van der Waals surface area (Å²) in [5.41, 5.74) is 21.3. The number of rotatable bonds is 19. The van der Waals surface area contributed by atoms with Crippen molar-refractivity contribution in [3.05, 3.63) is 35.4 Å². The number of alkyl halides is 3. The van der Waals surface area contributed by atoms with E-state index in [0.717, 1.165) is 12.1 Å². The molecule has 0 bridgehead atoms. The minimum Gasteiger partial charge on any atom is -0.370 e. The van der Waals surface area contributed by atoms with Crippen LogP contribution in [0, 0.1) is 0 Å². The fraction of sp³-hybridized carbons (Fsp3) is 0.615. The molecule has 0 fully saturated rings. The van der Waals surface area contributed by atoms with E-state index in [0.29, 0.717) is 76.7 Å². The number of hydrogen-bond acceptors (Lipinski definition) is 6. The smallest absolute Gasteiger partial charge is 0.370 e. The van der Waals surface area contributed by atoms with Gasteiger partial charge in [0.25, 0.3) is 0 Å². The predicted molar refractivity (Wildman–Crippen MR) is 148 cm³/mol. The SMILES string of the molecule is NCCCC[C@H](NC(=O)Cc1ccc(C(F)(F)F)cc1)C(=O)N[C@@H](CCCCN)C(=O)NCCCCN=C(N)N. The molecule has 0 aliphatic carbocycles. The number of nitrogens with one attached hydrogen (secondary N) is 3. The van der Waals surface area contributed by atoms with Gasteiger partial charge in [0.15, 0.2) is 5.96 Å². The van der Waals surface area contributed by atoms with E-state index in [4.69, 9.17) is 22.9 Å². The van der Waals surface area contributed by atoms with Gasteiger partial charge in [-0.15, -0.1) is 0 Å². The summed E-state index contributed by atoms with van der Waals surface area (Å²) in [5.74, 6) is -1.42. The number of guanidine groups is 1. The second-order valence-corrected chi connectivity index (χ2v) is 9.43. The zero-order chi connectivity index (χ0) is 30.0. The molecular weight excluding hydrogens is 529 g/mol. The molecular formula is C26H43F3N8O3. The van der Waals surface area contributed by atoms with Gasteiger partial charge >= 0.3 is 6.18 Å². The molecule has 2 atom stereocenters. The molecule has 0 aliphatic heterocycles. The summed E-state index contributed by atoms with van der Waals surface area (Å²) in [5, 5.41) is 8.21. The maximum atomic E-state index is 13.2. The highest BCUT2D eigenvalue weighted by molar-refractivity contribution is 5.92. The van der Waals surface area contributed by atoms with Gasteiger partial charge in [-0.05, 0) is 82.2 Å². The summed E-state index contributed by atoms with van der Waals surface area (Å²) >= 11 is 0. The number of carbonyl (C=O) groups is 3. The summed E-state index contributed by atoms with van der Waals surface area (Å²) in [7, 11) is 0. The van der Waals surface area contributed by atoms with Crippen LogP contribution in [0.2, 0.25) is 0 Å². The number of nitrogens with zero attached hydrogens (tertiary/aromatic N) is 1. The Morgan fingerprint density at radius 2 is 1.38 bits per heavy atom. The minimum absolute atomic E-state index is 0.000756. The molecule has 11 N–H and O–H groups in total. The van der Waals surface area contributed by atoms with Gasteiger partial charge in [0.2, 0.25) is 17.7 Å². The van der Waals surface area contributed by atoms with Crippen molar-refractivity contribution in [1.29, 1.82) is 0 Å².